The molecule has 1 aromatic carbocycles. The third-order valence-corrected chi connectivity index (χ3v) is 2.88. The van der Waals surface area contributed by atoms with Crippen LogP contribution >= 0.6 is 0 Å². The lowest BCUT2D eigenvalue weighted by Gasteiger charge is -2.28. The van der Waals surface area contributed by atoms with Crippen molar-refractivity contribution in [2.24, 2.45) is 0 Å². The summed E-state index contributed by atoms with van der Waals surface area (Å²) in [6.07, 6.45) is -5.25. The summed E-state index contributed by atoms with van der Waals surface area (Å²) in [7, 11) is 0. The van der Waals surface area contributed by atoms with E-state index in [0.717, 1.165) is 0 Å². The predicted octanol–water partition coefficient (Wildman–Crippen LogP) is 2.01. The van der Waals surface area contributed by atoms with Crippen molar-refractivity contribution in [1.29, 1.82) is 0 Å². The van der Waals surface area contributed by atoms with Gasteiger partial charge >= 0.3 is 12.1 Å². The quantitative estimate of drug-likeness (QED) is 0.751. The van der Waals surface area contributed by atoms with Crippen LogP contribution in [0.1, 0.15) is 13.3 Å². The zero-order valence-electron chi connectivity index (χ0n) is 11.2. The summed E-state index contributed by atoms with van der Waals surface area (Å²) in [4.78, 5) is 22.3. The molecular formula is C13H15F3N2O3. The third-order valence-electron chi connectivity index (χ3n) is 2.88. The van der Waals surface area contributed by atoms with Gasteiger partial charge in [0, 0.05) is 18.7 Å². The second kappa shape index (κ2) is 6.57. The highest BCUT2D eigenvalue weighted by molar-refractivity contribution is 5.90. The van der Waals surface area contributed by atoms with E-state index < -0.39 is 30.1 Å². The van der Waals surface area contributed by atoms with Gasteiger partial charge in [-0.2, -0.15) is 13.2 Å². The van der Waals surface area contributed by atoms with Gasteiger partial charge in [-0.3, -0.25) is 10.1 Å². The van der Waals surface area contributed by atoms with Crippen molar-refractivity contribution in [2.75, 3.05) is 11.9 Å². The largest absolute Gasteiger partial charge is 0.480 e. The van der Waals surface area contributed by atoms with Gasteiger partial charge < -0.3 is 10.4 Å². The van der Waals surface area contributed by atoms with Gasteiger partial charge in [-0.15, -0.1) is 0 Å². The van der Waals surface area contributed by atoms with Crippen LogP contribution in [0.5, 0.6) is 0 Å². The predicted molar refractivity (Wildman–Crippen MR) is 69.8 cm³/mol. The van der Waals surface area contributed by atoms with Gasteiger partial charge in [0.1, 0.15) is 0 Å². The molecule has 0 aliphatic carbocycles. The lowest BCUT2D eigenvalue weighted by Crippen LogP contribution is -2.60. The smallest absolute Gasteiger partial charge is 0.417 e. The molecule has 1 unspecified atom stereocenters. The van der Waals surface area contributed by atoms with Crippen molar-refractivity contribution < 1.29 is 27.9 Å². The van der Waals surface area contributed by atoms with E-state index in [2.05, 4.69) is 5.32 Å². The summed E-state index contributed by atoms with van der Waals surface area (Å²) in [5.74, 6) is -2.55. The summed E-state index contributed by atoms with van der Waals surface area (Å²) >= 11 is 0. The Labute approximate surface area is 119 Å². The molecule has 0 radical (unpaired) electrons. The number of carbonyl (C=O) groups excluding carboxylic acids is 1. The van der Waals surface area contributed by atoms with Crippen LogP contribution in [0.25, 0.3) is 0 Å². The molecule has 21 heavy (non-hydrogen) atoms. The minimum absolute atomic E-state index is 0.284. The summed E-state index contributed by atoms with van der Waals surface area (Å²) in [6.45, 7) is 0.103. The van der Waals surface area contributed by atoms with Gasteiger partial charge in [0.05, 0.1) is 0 Å². The van der Waals surface area contributed by atoms with E-state index in [1.807, 2.05) is 5.32 Å². The van der Waals surface area contributed by atoms with Crippen LogP contribution in [0, 0.1) is 0 Å². The maximum absolute atomic E-state index is 12.7. The molecule has 0 heterocycles. The number of nitrogens with one attached hydrogen (secondary N) is 2. The van der Waals surface area contributed by atoms with Crippen molar-refractivity contribution in [3.05, 3.63) is 30.3 Å². The van der Waals surface area contributed by atoms with E-state index in [-0.39, 0.29) is 6.42 Å². The molecule has 0 bridgehead atoms. The summed E-state index contributed by atoms with van der Waals surface area (Å²) in [5.41, 5.74) is -2.57. The highest BCUT2D eigenvalue weighted by atomic mass is 19.4. The van der Waals surface area contributed by atoms with E-state index in [1.165, 1.54) is 0 Å². The average molecular weight is 304 g/mol. The van der Waals surface area contributed by atoms with E-state index in [0.29, 0.717) is 12.6 Å². The zero-order valence-corrected chi connectivity index (χ0v) is 11.2. The molecule has 8 heteroatoms. The first-order valence-corrected chi connectivity index (χ1v) is 6.07. The second-order valence-corrected chi connectivity index (χ2v) is 4.52. The number of rotatable bonds is 6. The molecule has 1 aromatic rings. The maximum atomic E-state index is 12.7. The van der Waals surface area contributed by atoms with E-state index >= 15 is 0 Å². The van der Waals surface area contributed by atoms with Gasteiger partial charge in [0.2, 0.25) is 11.4 Å². The fourth-order valence-electron chi connectivity index (χ4n) is 1.47. The minimum Gasteiger partial charge on any atom is -0.480 e. The fourth-order valence-corrected chi connectivity index (χ4v) is 1.47. The van der Waals surface area contributed by atoms with Gasteiger partial charge in [0.25, 0.3) is 0 Å². The molecular weight excluding hydrogens is 289 g/mol. The number of amides is 1. The van der Waals surface area contributed by atoms with Crippen LogP contribution in [0.4, 0.5) is 18.9 Å². The number of alkyl halides is 3. The number of para-hydroxylation sites is 1. The first kappa shape index (κ1) is 17.0. The van der Waals surface area contributed by atoms with E-state index in [4.69, 9.17) is 5.11 Å². The number of halogens is 3. The number of carbonyl (C=O) groups is 2. The SMILES string of the molecule is CC(NCCC(=O)Nc1ccccc1)(C(=O)O)C(F)(F)F. The molecule has 5 nitrogen and oxygen atoms in total. The molecule has 0 aliphatic heterocycles. The number of aliphatic carboxylic acids is 1. The summed E-state index contributed by atoms with van der Waals surface area (Å²) < 4.78 is 38.0. The first-order valence-electron chi connectivity index (χ1n) is 6.07. The van der Waals surface area contributed by atoms with Crippen LogP contribution in [0.2, 0.25) is 0 Å². The number of hydrogen-bond donors (Lipinski definition) is 3. The molecule has 0 spiro atoms. The Morgan fingerprint density at radius 2 is 1.76 bits per heavy atom. The minimum atomic E-state index is -4.96. The van der Waals surface area contributed by atoms with Crippen molar-refractivity contribution in [2.45, 2.75) is 25.1 Å². The monoisotopic (exact) mass is 304 g/mol. The van der Waals surface area contributed by atoms with Crippen LogP contribution < -0.4 is 10.6 Å². The Kier molecular flexibility index (Phi) is 5.31. The van der Waals surface area contributed by atoms with Crippen LogP contribution in [-0.2, 0) is 9.59 Å². The van der Waals surface area contributed by atoms with E-state index in [1.54, 1.807) is 30.3 Å². The molecule has 1 amide bonds. The number of carboxylic acid groups (broad SMARTS) is 1. The van der Waals surface area contributed by atoms with Gasteiger partial charge in [0.15, 0.2) is 0 Å². The van der Waals surface area contributed by atoms with Crippen LogP contribution in [-0.4, -0.2) is 35.2 Å². The molecule has 116 valence electrons. The number of hydrogen-bond acceptors (Lipinski definition) is 3. The molecule has 0 fully saturated rings. The Hall–Kier alpha value is -2.09. The molecule has 0 saturated carbocycles. The first-order chi connectivity index (χ1) is 9.67. The fraction of sp³-hybridized carbons (Fsp3) is 0.385. The number of benzene rings is 1. The molecule has 0 aliphatic rings. The van der Waals surface area contributed by atoms with Crippen molar-refractivity contribution in [3.63, 3.8) is 0 Å². The Morgan fingerprint density at radius 3 is 2.24 bits per heavy atom. The normalized spacial score (nSPS) is 14.3. The standard InChI is InChI=1S/C13H15F3N2O3/c1-12(11(20)21,13(14,15)16)17-8-7-10(19)18-9-5-3-2-4-6-9/h2-6,17H,7-8H2,1H3,(H,18,19)(H,20,21). The van der Waals surface area contributed by atoms with Gasteiger partial charge in [-0.05, 0) is 19.1 Å². The average Bonchev–Trinajstić information content (AvgIpc) is 2.38. The number of carboxylic acids is 1. The molecule has 0 aromatic heterocycles. The summed E-state index contributed by atoms with van der Waals surface area (Å²) in [5, 5.41) is 13.0. The molecule has 1 rings (SSSR count). The maximum Gasteiger partial charge on any atom is 0.417 e. The highest BCUT2D eigenvalue weighted by Crippen LogP contribution is 2.30. The Bertz CT molecular complexity index is 505. The van der Waals surface area contributed by atoms with Crippen LogP contribution in [0.3, 0.4) is 0 Å². The Morgan fingerprint density at radius 1 is 1.19 bits per heavy atom. The van der Waals surface area contributed by atoms with Gasteiger partial charge in [-0.25, -0.2) is 4.79 Å². The molecule has 0 saturated heterocycles. The van der Waals surface area contributed by atoms with Gasteiger partial charge in [-0.1, -0.05) is 18.2 Å². The zero-order chi connectivity index (χ0) is 16.1. The highest BCUT2D eigenvalue weighted by Gasteiger charge is 2.57. The topological polar surface area (TPSA) is 78.4 Å². The Balaban J connectivity index is 2.52. The molecule has 3 N–H and O–H groups in total. The lowest BCUT2D eigenvalue weighted by atomic mass is 10.0. The van der Waals surface area contributed by atoms with Crippen LogP contribution in [0.15, 0.2) is 30.3 Å². The van der Waals surface area contributed by atoms with Crippen molar-refractivity contribution in [1.82, 2.24) is 5.32 Å². The molecule has 1 atom stereocenters. The van der Waals surface area contributed by atoms with E-state index in [9.17, 15) is 22.8 Å². The summed E-state index contributed by atoms with van der Waals surface area (Å²) in [6, 6.07) is 8.39. The number of anilines is 1. The van der Waals surface area contributed by atoms with Crippen molar-refractivity contribution >= 4 is 17.6 Å². The second-order valence-electron chi connectivity index (χ2n) is 4.52. The van der Waals surface area contributed by atoms with Crippen molar-refractivity contribution in [3.8, 4) is 0 Å². The third kappa shape index (κ3) is 4.45. The lowest BCUT2D eigenvalue weighted by molar-refractivity contribution is -0.205.